The molecular formula is C34H40BrN4O4P. The lowest BCUT2D eigenvalue weighted by Gasteiger charge is -2.27. The molecule has 2 N–H and O–H groups in total. The molecular weight excluding hydrogens is 639 g/mol. The van der Waals surface area contributed by atoms with E-state index in [2.05, 4.69) is 39.0 Å². The Morgan fingerprint density at radius 3 is 2.70 bits per heavy atom. The first kappa shape index (κ1) is 32.1. The summed E-state index contributed by atoms with van der Waals surface area (Å²) in [7, 11) is 3.15. The van der Waals surface area contributed by atoms with Gasteiger partial charge in [0, 0.05) is 16.5 Å². The molecule has 0 bridgehead atoms. The topological polar surface area (TPSA) is 91.0 Å². The number of fused-ring (bicyclic) bond motifs is 2. The van der Waals surface area contributed by atoms with Gasteiger partial charge in [-0.05, 0) is 85.7 Å². The van der Waals surface area contributed by atoms with Crippen molar-refractivity contribution in [1.82, 2.24) is 10.6 Å². The van der Waals surface area contributed by atoms with Gasteiger partial charge in [0.2, 0.25) is 11.8 Å². The molecule has 0 spiro atoms. The van der Waals surface area contributed by atoms with Gasteiger partial charge in [-0.3, -0.25) is 14.4 Å². The van der Waals surface area contributed by atoms with Crippen molar-refractivity contribution in [2.24, 2.45) is 0 Å². The smallest absolute Gasteiger partial charge is 0.251 e. The lowest BCUT2D eigenvalue weighted by atomic mass is 10.0. The highest BCUT2D eigenvalue weighted by Crippen LogP contribution is 2.52. The summed E-state index contributed by atoms with van der Waals surface area (Å²) in [4.78, 5) is 44.4. The molecule has 3 atom stereocenters. The van der Waals surface area contributed by atoms with Crippen LogP contribution < -0.4 is 25.2 Å². The van der Waals surface area contributed by atoms with Crippen molar-refractivity contribution in [3.63, 3.8) is 0 Å². The maximum Gasteiger partial charge on any atom is 0.251 e. The van der Waals surface area contributed by atoms with Crippen LogP contribution in [-0.2, 0) is 20.9 Å². The lowest BCUT2D eigenvalue weighted by Crippen LogP contribution is -2.54. The molecule has 0 aromatic heterocycles. The summed E-state index contributed by atoms with van der Waals surface area (Å²) in [6.07, 6.45) is 5.84. The number of hydrogen-bond donors (Lipinski definition) is 2. The van der Waals surface area contributed by atoms with E-state index in [1.54, 1.807) is 24.0 Å². The van der Waals surface area contributed by atoms with E-state index in [0.717, 1.165) is 33.7 Å². The Balaban J connectivity index is 1.50. The van der Waals surface area contributed by atoms with Crippen LogP contribution in [0.3, 0.4) is 0 Å². The molecule has 0 radical (unpaired) electrons. The Labute approximate surface area is 269 Å². The fraction of sp³-hybridized carbons (Fsp3) is 0.382. The van der Waals surface area contributed by atoms with Crippen LogP contribution in [-0.4, -0.2) is 62.8 Å². The molecule has 3 amide bonds. The number of halogens is 1. The number of para-hydroxylation sites is 2. The second-order valence-corrected chi connectivity index (χ2v) is 14.8. The largest absolute Gasteiger partial charge is 0.496 e. The molecule has 3 aromatic rings. The number of carbonyl (C=O) groups is 3. The van der Waals surface area contributed by atoms with Gasteiger partial charge < -0.3 is 25.2 Å². The lowest BCUT2D eigenvalue weighted by molar-refractivity contribution is -0.127. The molecule has 1 fully saturated rings. The average Bonchev–Trinajstić information content (AvgIpc) is 3.44. The Bertz CT molecular complexity index is 1550. The van der Waals surface area contributed by atoms with Crippen molar-refractivity contribution >= 4 is 63.7 Å². The fourth-order valence-electron chi connectivity index (χ4n) is 6.39. The molecule has 10 heteroatoms. The summed E-state index contributed by atoms with van der Waals surface area (Å²) in [5, 5.41) is 7.71. The van der Waals surface area contributed by atoms with Gasteiger partial charge in [0.1, 0.15) is 11.8 Å². The van der Waals surface area contributed by atoms with Crippen LogP contribution in [0, 0.1) is 0 Å². The quantitative estimate of drug-likeness (QED) is 0.237. The second kappa shape index (κ2) is 14.7. The first-order valence-electron chi connectivity index (χ1n) is 15.1. The maximum absolute atomic E-state index is 14.4. The maximum atomic E-state index is 14.4. The van der Waals surface area contributed by atoms with E-state index in [1.807, 2.05) is 54.6 Å². The molecule has 44 heavy (non-hydrogen) atoms. The first-order valence-corrected chi connectivity index (χ1v) is 17.6. The highest BCUT2D eigenvalue weighted by Gasteiger charge is 2.37. The number of carbonyl (C=O) groups excluding carboxylic acids is 3. The molecule has 232 valence electrons. The normalized spacial score (nSPS) is 19.9. The van der Waals surface area contributed by atoms with Crippen molar-refractivity contribution in [1.29, 1.82) is 0 Å². The predicted octanol–water partition coefficient (Wildman–Crippen LogP) is 6.15. The van der Waals surface area contributed by atoms with E-state index in [4.69, 9.17) is 4.74 Å². The number of amides is 3. The Morgan fingerprint density at radius 1 is 1.16 bits per heavy atom. The summed E-state index contributed by atoms with van der Waals surface area (Å²) >= 11 is 3.56. The number of nitrogens with one attached hydrogen (secondary N) is 2. The zero-order valence-corrected chi connectivity index (χ0v) is 27.8. The van der Waals surface area contributed by atoms with Gasteiger partial charge in [-0.1, -0.05) is 60.5 Å². The van der Waals surface area contributed by atoms with E-state index in [9.17, 15) is 14.4 Å². The molecule has 0 aliphatic carbocycles. The van der Waals surface area contributed by atoms with Crippen LogP contribution in [0.2, 0.25) is 0 Å². The summed E-state index contributed by atoms with van der Waals surface area (Å²) in [6.45, 7) is 4.35. The molecule has 0 saturated carbocycles. The van der Waals surface area contributed by atoms with Crippen LogP contribution in [0.15, 0.2) is 71.5 Å². The summed E-state index contributed by atoms with van der Waals surface area (Å²) in [6, 6.07) is 16.5. The number of ether oxygens (including phenoxy) is 1. The van der Waals surface area contributed by atoms with Gasteiger partial charge in [-0.15, -0.1) is 0 Å². The first-order chi connectivity index (χ1) is 21.3. The number of nitrogens with zero attached hydrogens (tertiary/aromatic N) is 2. The molecule has 3 unspecified atom stereocenters. The minimum atomic E-state index is -0.925. The highest BCUT2D eigenvalue weighted by atomic mass is 79.9. The van der Waals surface area contributed by atoms with E-state index in [1.165, 1.54) is 19.0 Å². The van der Waals surface area contributed by atoms with E-state index >= 15 is 0 Å². The molecule has 1 saturated heterocycles. The van der Waals surface area contributed by atoms with Crippen molar-refractivity contribution in [3.8, 4) is 5.75 Å². The SMILES string of the molecule is C=CP1CCCC1CCCC(=O)N1CC(NC(=O)CNC)C(=O)N(Cc2c(OC)ccc3cc(Br)ccc23)c2ccccc21. The minimum absolute atomic E-state index is 0.0477. The van der Waals surface area contributed by atoms with Gasteiger partial charge in [0.25, 0.3) is 5.91 Å². The van der Waals surface area contributed by atoms with Gasteiger partial charge >= 0.3 is 0 Å². The molecule has 2 aliphatic rings. The van der Waals surface area contributed by atoms with E-state index in [0.29, 0.717) is 29.2 Å². The zero-order chi connectivity index (χ0) is 31.2. The number of anilines is 2. The van der Waals surface area contributed by atoms with Crippen molar-refractivity contribution in [2.75, 3.05) is 43.2 Å². The Morgan fingerprint density at radius 2 is 1.95 bits per heavy atom. The minimum Gasteiger partial charge on any atom is -0.496 e. The third-order valence-electron chi connectivity index (χ3n) is 8.54. The molecule has 3 aromatic carbocycles. The number of methoxy groups -OCH3 is 1. The van der Waals surface area contributed by atoms with Crippen LogP contribution in [0.4, 0.5) is 11.4 Å². The third-order valence-corrected chi connectivity index (χ3v) is 11.8. The van der Waals surface area contributed by atoms with Gasteiger partial charge in [-0.25, -0.2) is 0 Å². The van der Waals surface area contributed by atoms with Crippen LogP contribution in [0.25, 0.3) is 10.8 Å². The summed E-state index contributed by atoms with van der Waals surface area (Å²) in [5.74, 6) is 2.15. The van der Waals surface area contributed by atoms with Gasteiger partial charge in [-0.2, -0.15) is 0 Å². The van der Waals surface area contributed by atoms with Crippen LogP contribution in [0.5, 0.6) is 5.75 Å². The van der Waals surface area contributed by atoms with E-state index < -0.39 is 6.04 Å². The number of hydrogen-bond acceptors (Lipinski definition) is 5. The number of benzene rings is 3. The summed E-state index contributed by atoms with van der Waals surface area (Å²) < 4.78 is 6.72. The Kier molecular flexibility index (Phi) is 10.7. The third kappa shape index (κ3) is 7.01. The van der Waals surface area contributed by atoms with Crippen LogP contribution in [0.1, 0.15) is 37.7 Å². The Hall–Kier alpha value is -3.26. The predicted molar refractivity (Wildman–Crippen MR) is 183 cm³/mol. The van der Waals surface area contributed by atoms with E-state index in [-0.39, 0.29) is 45.3 Å². The number of rotatable bonds is 11. The highest BCUT2D eigenvalue weighted by molar-refractivity contribution is 9.10. The summed E-state index contributed by atoms with van der Waals surface area (Å²) in [5.41, 5.74) is 2.76. The molecule has 2 heterocycles. The standard InChI is InChI=1S/C34H40BrN4O4P/c1-4-44-18-8-10-25(44)9-7-13-33(41)38-22-28(37-32(40)20-36-2)34(42)39(30-12-6-5-11-29(30)38)21-27-26-16-15-24(35)19-23(26)14-17-31(27)43-3/h4-6,11-12,14-17,19,25,28,36H,1,7-10,13,18,20-22H2,2-3H3,(H,37,40). The van der Waals surface area contributed by atoms with Gasteiger partial charge in [0.15, 0.2) is 0 Å². The second-order valence-electron chi connectivity index (χ2n) is 11.3. The molecule has 2 aliphatic heterocycles. The van der Waals surface area contributed by atoms with Crippen molar-refractivity contribution in [3.05, 3.63) is 77.0 Å². The molecule has 8 nitrogen and oxygen atoms in total. The monoisotopic (exact) mass is 678 g/mol. The van der Waals surface area contributed by atoms with Gasteiger partial charge in [0.05, 0.1) is 38.1 Å². The fourth-order valence-corrected chi connectivity index (χ4v) is 9.19. The van der Waals surface area contributed by atoms with Crippen molar-refractivity contribution in [2.45, 2.75) is 50.3 Å². The average molecular weight is 680 g/mol. The zero-order valence-electron chi connectivity index (χ0n) is 25.4. The molecule has 5 rings (SSSR count). The van der Waals surface area contributed by atoms with Crippen molar-refractivity contribution < 1.29 is 19.1 Å². The number of likely N-dealkylation sites (N-methyl/N-ethyl adjacent to an activating group) is 1. The van der Waals surface area contributed by atoms with Crippen LogP contribution >= 0.6 is 23.9 Å².